The number of nitrogens with one attached hydrogen (secondary N) is 1. The van der Waals surface area contributed by atoms with Gasteiger partial charge < -0.3 is 10.4 Å². The molecule has 0 saturated carbocycles. The zero-order valence-electron chi connectivity index (χ0n) is 9.67. The van der Waals surface area contributed by atoms with Crippen LogP contribution in [-0.4, -0.2) is 17.0 Å². The fourth-order valence-electron chi connectivity index (χ4n) is 1.54. The van der Waals surface area contributed by atoms with Crippen LogP contribution in [-0.2, 0) is 0 Å². The number of benzene rings is 2. The van der Waals surface area contributed by atoms with Crippen molar-refractivity contribution in [3.05, 3.63) is 60.2 Å². The number of carbonyl (C=O) groups is 1. The van der Waals surface area contributed by atoms with Gasteiger partial charge in [0, 0.05) is 10.6 Å². The molecule has 92 valence electrons. The smallest absolute Gasteiger partial charge is 0.337 e. The predicted octanol–water partition coefficient (Wildman–Crippen LogP) is 3.55. The van der Waals surface area contributed by atoms with Crippen LogP contribution in [0.5, 0.6) is 0 Å². The molecule has 2 aromatic rings. The molecule has 0 saturated heterocycles. The van der Waals surface area contributed by atoms with Crippen LogP contribution in [0.2, 0.25) is 0 Å². The Morgan fingerprint density at radius 1 is 1.06 bits per heavy atom. The van der Waals surface area contributed by atoms with Gasteiger partial charge in [-0.25, -0.2) is 4.79 Å². The molecule has 0 bridgehead atoms. The standard InChI is InChI=1S/C14H13NO2S/c16-14(17)12-8-4-5-9-13(12)15-10-18-11-6-2-1-3-7-11/h1-9,15H,10H2,(H,16,17). The molecule has 0 spiro atoms. The molecule has 0 aromatic heterocycles. The van der Waals surface area contributed by atoms with E-state index in [2.05, 4.69) is 5.32 Å². The lowest BCUT2D eigenvalue weighted by atomic mass is 10.2. The summed E-state index contributed by atoms with van der Waals surface area (Å²) in [7, 11) is 0. The molecule has 3 nitrogen and oxygen atoms in total. The van der Waals surface area contributed by atoms with Gasteiger partial charge in [0.15, 0.2) is 0 Å². The largest absolute Gasteiger partial charge is 0.478 e. The first kappa shape index (κ1) is 12.5. The fourth-order valence-corrected chi connectivity index (χ4v) is 2.28. The summed E-state index contributed by atoms with van der Waals surface area (Å²) in [5, 5.41) is 12.2. The Labute approximate surface area is 110 Å². The summed E-state index contributed by atoms with van der Waals surface area (Å²) >= 11 is 1.63. The van der Waals surface area contributed by atoms with Gasteiger partial charge in [-0.05, 0) is 24.3 Å². The van der Waals surface area contributed by atoms with E-state index in [0.29, 0.717) is 17.1 Å². The maximum absolute atomic E-state index is 11.0. The van der Waals surface area contributed by atoms with Gasteiger partial charge in [0.25, 0.3) is 0 Å². The molecule has 0 atom stereocenters. The summed E-state index contributed by atoms with van der Waals surface area (Å²) in [6.45, 7) is 0. The highest BCUT2D eigenvalue weighted by atomic mass is 32.2. The van der Waals surface area contributed by atoms with Crippen LogP contribution in [0.4, 0.5) is 5.69 Å². The van der Waals surface area contributed by atoms with Gasteiger partial charge in [-0.15, -0.1) is 11.8 Å². The monoisotopic (exact) mass is 259 g/mol. The number of carboxylic acids is 1. The van der Waals surface area contributed by atoms with E-state index in [0.717, 1.165) is 4.90 Å². The van der Waals surface area contributed by atoms with E-state index in [1.807, 2.05) is 36.4 Å². The maximum Gasteiger partial charge on any atom is 0.337 e. The van der Waals surface area contributed by atoms with Crippen LogP contribution >= 0.6 is 11.8 Å². The van der Waals surface area contributed by atoms with Crippen LogP contribution in [0.25, 0.3) is 0 Å². The normalized spacial score (nSPS) is 10.0. The highest BCUT2D eigenvalue weighted by Gasteiger charge is 2.07. The Bertz CT molecular complexity index is 528. The molecule has 2 N–H and O–H groups in total. The molecule has 0 fully saturated rings. The first-order valence-electron chi connectivity index (χ1n) is 5.51. The van der Waals surface area contributed by atoms with E-state index < -0.39 is 5.97 Å². The SMILES string of the molecule is O=C(O)c1ccccc1NCSc1ccccc1. The molecule has 4 heteroatoms. The van der Waals surface area contributed by atoms with Crippen molar-refractivity contribution in [2.24, 2.45) is 0 Å². The van der Waals surface area contributed by atoms with Crippen LogP contribution in [0.1, 0.15) is 10.4 Å². The molecule has 0 radical (unpaired) electrons. The first-order valence-corrected chi connectivity index (χ1v) is 6.50. The van der Waals surface area contributed by atoms with Crippen LogP contribution in [0.3, 0.4) is 0 Å². The van der Waals surface area contributed by atoms with Gasteiger partial charge in [-0.3, -0.25) is 0 Å². The Balaban J connectivity index is 1.97. The van der Waals surface area contributed by atoms with Crippen molar-refractivity contribution in [3.63, 3.8) is 0 Å². The molecule has 0 aliphatic rings. The van der Waals surface area contributed by atoms with E-state index in [9.17, 15) is 4.79 Å². The number of anilines is 1. The number of carboxylic acid groups (broad SMARTS) is 1. The summed E-state index contributed by atoms with van der Waals surface area (Å²) in [6.07, 6.45) is 0. The van der Waals surface area contributed by atoms with Crippen molar-refractivity contribution < 1.29 is 9.90 Å². The molecular formula is C14H13NO2S. The van der Waals surface area contributed by atoms with Crippen molar-refractivity contribution >= 4 is 23.4 Å². The Morgan fingerprint density at radius 3 is 2.44 bits per heavy atom. The Kier molecular flexibility index (Phi) is 4.25. The average molecular weight is 259 g/mol. The van der Waals surface area contributed by atoms with Crippen LogP contribution < -0.4 is 5.32 Å². The topological polar surface area (TPSA) is 49.3 Å². The van der Waals surface area contributed by atoms with Gasteiger partial charge in [0.1, 0.15) is 0 Å². The molecular weight excluding hydrogens is 246 g/mol. The summed E-state index contributed by atoms with van der Waals surface area (Å²) in [6, 6.07) is 16.9. The van der Waals surface area contributed by atoms with Gasteiger partial charge in [-0.1, -0.05) is 30.3 Å². The number of hydrogen-bond donors (Lipinski definition) is 2. The van der Waals surface area contributed by atoms with E-state index >= 15 is 0 Å². The second kappa shape index (κ2) is 6.12. The van der Waals surface area contributed by atoms with Crippen molar-refractivity contribution in [3.8, 4) is 0 Å². The van der Waals surface area contributed by atoms with Gasteiger partial charge >= 0.3 is 5.97 Å². The Morgan fingerprint density at radius 2 is 1.72 bits per heavy atom. The number of thioether (sulfide) groups is 1. The molecule has 0 amide bonds. The van der Waals surface area contributed by atoms with Crippen molar-refractivity contribution in [2.75, 3.05) is 11.2 Å². The van der Waals surface area contributed by atoms with Crippen LogP contribution in [0.15, 0.2) is 59.5 Å². The number of aromatic carboxylic acids is 1. The van der Waals surface area contributed by atoms with E-state index in [-0.39, 0.29) is 0 Å². The lowest BCUT2D eigenvalue weighted by molar-refractivity contribution is 0.0698. The van der Waals surface area contributed by atoms with Crippen molar-refractivity contribution in [1.29, 1.82) is 0 Å². The van der Waals surface area contributed by atoms with E-state index in [4.69, 9.17) is 5.11 Å². The quantitative estimate of drug-likeness (QED) is 0.637. The fraction of sp³-hybridized carbons (Fsp3) is 0.0714. The zero-order valence-corrected chi connectivity index (χ0v) is 10.5. The zero-order chi connectivity index (χ0) is 12.8. The molecule has 2 aromatic carbocycles. The van der Waals surface area contributed by atoms with Gasteiger partial charge in [0.2, 0.25) is 0 Å². The minimum Gasteiger partial charge on any atom is -0.478 e. The highest BCUT2D eigenvalue weighted by Crippen LogP contribution is 2.20. The second-order valence-corrected chi connectivity index (χ2v) is 4.68. The molecule has 18 heavy (non-hydrogen) atoms. The lowest BCUT2D eigenvalue weighted by Crippen LogP contribution is -2.05. The van der Waals surface area contributed by atoms with Gasteiger partial charge in [-0.2, -0.15) is 0 Å². The minimum absolute atomic E-state index is 0.297. The van der Waals surface area contributed by atoms with Crippen molar-refractivity contribution in [2.45, 2.75) is 4.90 Å². The lowest BCUT2D eigenvalue weighted by Gasteiger charge is -2.08. The number of rotatable bonds is 5. The summed E-state index contributed by atoms with van der Waals surface area (Å²) in [5.74, 6) is -0.281. The third-order valence-corrected chi connectivity index (χ3v) is 3.30. The Hall–Kier alpha value is -1.94. The van der Waals surface area contributed by atoms with Crippen LogP contribution in [0, 0.1) is 0 Å². The predicted molar refractivity (Wildman–Crippen MR) is 74.2 cm³/mol. The minimum atomic E-state index is -0.914. The second-order valence-electron chi connectivity index (χ2n) is 3.63. The molecule has 0 unspecified atom stereocenters. The molecule has 2 rings (SSSR count). The maximum atomic E-state index is 11.0. The summed E-state index contributed by atoms with van der Waals surface area (Å²) in [5.41, 5.74) is 0.944. The summed E-state index contributed by atoms with van der Waals surface area (Å²) < 4.78 is 0. The van der Waals surface area contributed by atoms with E-state index in [1.165, 1.54) is 0 Å². The third kappa shape index (κ3) is 3.28. The van der Waals surface area contributed by atoms with Gasteiger partial charge in [0.05, 0.1) is 11.4 Å². The van der Waals surface area contributed by atoms with Crippen molar-refractivity contribution in [1.82, 2.24) is 0 Å². The number of hydrogen-bond acceptors (Lipinski definition) is 3. The third-order valence-electron chi connectivity index (χ3n) is 2.40. The molecule has 0 aliphatic heterocycles. The molecule has 0 heterocycles. The first-order chi connectivity index (χ1) is 8.77. The molecule has 0 aliphatic carbocycles. The van der Waals surface area contributed by atoms with E-state index in [1.54, 1.807) is 30.0 Å². The highest BCUT2D eigenvalue weighted by molar-refractivity contribution is 7.99. The number of para-hydroxylation sites is 1. The summed E-state index contributed by atoms with van der Waals surface area (Å²) in [4.78, 5) is 12.2. The average Bonchev–Trinajstić information content (AvgIpc) is 2.40.